The van der Waals surface area contributed by atoms with Crippen LogP contribution in [-0.4, -0.2) is 5.11 Å². The van der Waals surface area contributed by atoms with E-state index in [1.165, 1.54) is 12.1 Å². The standard InChI is InChI=1S/C11H11BrF2O/c12-7-4-8(13)11(9(14)5-7)10(15)3-6-1-2-6/h4-6,10,15H,1-3H2. The number of aliphatic hydroxyl groups excluding tert-OH is 1. The molecule has 1 N–H and O–H groups in total. The van der Waals surface area contributed by atoms with Gasteiger partial charge >= 0.3 is 0 Å². The van der Waals surface area contributed by atoms with Gasteiger partial charge in [0, 0.05) is 4.47 Å². The quantitative estimate of drug-likeness (QED) is 0.895. The van der Waals surface area contributed by atoms with E-state index in [0.717, 1.165) is 12.8 Å². The molecule has 0 aromatic heterocycles. The fraction of sp³-hybridized carbons (Fsp3) is 0.455. The Kier molecular flexibility index (Phi) is 3.07. The maximum Gasteiger partial charge on any atom is 0.133 e. The smallest absolute Gasteiger partial charge is 0.133 e. The number of aliphatic hydroxyl groups is 1. The fourth-order valence-electron chi connectivity index (χ4n) is 1.66. The normalized spacial score (nSPS) is 17.9. The molecule has 1 aliphatic rings. The minimum atomic E-state index is -1.02. The summed E-state index contributed by atoms with van der Waals surface area (Å²) in [7, 11) is 0. The molecule has 1 nitrogen and oxygen atoms in total. The minimum absolute atomic E-state index is 0.204. The zero-order valence-electron chi connectivity index (χ0n) is 8.01. The van der Waals surface area contributed by atoms with Crippen LogP contribution in [0.3, 0.4) is 0 Å². The predicted octanol–water partition coefficient (Wildman–Crippen LogP) is 3.56. The number of benzene rings is 1. The third-order valence-corrected chi connectivity index (χ3v) is 3.09. The molecule has 15 heavy (non-hydrogen) atoms. The first-order valence-electron chi connectivity index (χ1n) is 4.90. The molecule has 0 radical (unpaired) electrons. The van der Waals surface area contributed by atoms with Crippen LogP contribution in [-0.2, 0) is 0 Å². The molecule has 0 saturated heterocycles. The summed E-state index contributed by atoms with van der Waals surface area (Å²) in [5, 5.41) is 9.69. The van der Waals surface area contributed by atoms with Crippen LogP contribution in [0.2, 0.25) is 0 Å². The highest BCUT2D eigenvalue weighted by Gasteiger charge is 2.28. The van der Waals surface area contributed by atoms with Gasteiger partial charge in [0.05, 0.1) is 11.7 Å². The van der Waals surface area contributed by atoms with Crippen molar-refractivity contribution in [2.75, 3.05) is 0 Å². The molecule has 1 saturated carbocycles. The zero-order chi connectivity index (χ0) is 11.0. The molecule has 0 bridgehead atoms. The Morgan fingerprint density at radius 3 is 2.33 bits per heavy atom. The van der Waals surface area contributed by atoms with Gasteiger partial charge in [-0.05, 0) is 24.5 Å². The molecule has 0 aliphatic heterocycles. The summed E-state index contributed by atoms with van der Waals surface area (Å²) < 4.78 is 27.2. The van der Waals surface area contributed by atoms with E-state index >= 15 is 0 Å². The molecule has 1 unspecified atom stereocenters. The molecule has 0 heterocycles. The van der Waals surface area contributed by atoms with Crippen LogP contribution >= 0.6 is 15.9 Å². The maximum absolute atomic E-state index is 13.4. The molecule has 4 heteroatoms. The first-order chi connectivity index (χ1) is 7.08. The molecule has 0 spiro atoms. The highest BCUT2D eigenvalue weighted by molar-refractivity contribution is 9.10. The van der Waals surface area contributed by atoms with Gasteiger partial charge in [-0.2, -0.15) is 0 Å². The average molecular weight is 277 g/mol. The van der Waals surface area contributed by atoms with Crippen LogP contribution in [0.4, 0.5) is 8.78 Å². The maximum atomic E-state index is 13.4. The lowest BCUT2D eigenvalue weighted by atomic mass is 10.0. The van der Waals surface area contributed by atoms with E-state index in [1.807, 2.05) is 0 Å². The van der Waals surface area contributed by atoms with Gasteiger partial charge < -0.3 is 5.11 Å². The van der Waals surface area contributed by atoms with Crippen molar-refractivity contribution in [1.82, 2.24) is 0 Å². The van der Waals surface area contributed by atoms with Gasteiger partial charge in [0.2, 0.25) is 0 Å². The Balaban J connectivity index is 2.24. The van der Waals surface area contributed by atoms with E-state index in [4.69, 9.17) is 0 Å². The molecule has 1 fully saturated rings. The highest BCUT2D eigenvalue weighted by atomic mass is 79.9. The van der Waals surface area contributed by atoms with Gasteiger partial charge in [-0.25, -0.2) is 8.78 Å². The molecule has 0 amide bonds. The van der Waals surface area contributed by atoms with E-state index in [2.05, 4.69) is 15.9 Å². The first-order valence-corrected chi connectivity index (χ1v) is 5.69. The molecule has 1 aliphatic carbocycles. The summed E-state index contributed by atoms with van der Waals surface area (Å²) >= 11 is 3.00. The second kappa shape index (κ2) is 4.18. The largest absolute Gasteiger partial charge is 0.388 e. The summed E-state index contributed by atoms with van der Waals surface area (Å²) in [6, 6.07) is 2.35. The summed E-state index contributed by atoms with van der Waals surface area (Å²) in [5.74, 6) is -0.938. The Bertz CT molecular complexity index is 354. The Hall–Kier alpha value is -0.480. The summed E-state index contributed by atoms with van der Waals surface area (Å²) in [6.07, 6.45) is 1.54. The van der Waals surface area contributed by atoms with E-state index in [0.29, 0.717) is 16.8 Å². The monoisotopic (exact) mass is 276 g/mol. The van der Waals surface area contributed by atoms with Crippen molar-refractivity contribution in [3.05, 3.63) is 33.8 Å². The van der Waals surface area contributed by atoms with Crippen molar-refractivity contribution in [3.63, 3.8) is 0 Å². The number of hydrogen-bond donors (Lipinski definition) is 1. The van der Waals surface area contributed by atoms with Crippen LogP contribution in [0.1, 0.15) is 30.9 Å². The second-order valence-corrected chi connectivity index (χ2v) is 4.89. The van der Waals surface area contributed by atoms with Crippen molar-refractivity contribution in [3.8, 4) is 0 Å². The van der Waals surface area contributed by atoms with Crippen LogP contribution in [0, 0.1) is 17.6 Å². The van der Waals surface area contributed by atoms with Gasteiger partial charge in [-0.15, -0.1) is 0 Å². The van der Waals surface area contributed by atoms with Crippen molar-refractivity contribution in [2.24, 2.45) is 5.92 Å². The highest BCUT2D eigenvalue weighted by Crippen LogP contribution is 2.39. The zero-order valence-corrected chi connectivity index (χ0v) is 9.60. The molecule has 82 valence electrons. The van der Waals surface area contributed by atoms with Crippen LogP contribution < -0.4 is 0 Å². The lowest BCUT2D eigenvalue weighted by molar-refractivity contribution is 0.151. The summed E-state index contributed by atoms with van der Waals surface area (Å²) in [4.78, 5) is 0. The van der Waals surface area contributed by atoms with Crippen LogP contribution in [0.5, 0.6) is 0 Å². The molecular weight excluding hydrogens is 266 g/mol. The molecule has 2 rings (SSSR count). The van der Waals surface area contributed by atoms with E-state index in [9.17, 15) is 13.9 Å². The van der Waals surface area contributed by atoms with Crippen LogP contribution in [0.25, 0.3) is 0 Å². The fourth-order valence-corrected chi connectivity index (χ4v) is 2.06. The Labute approximate surface area is 95.2 Å². The number of rotatable bonds is 3. The minimum Gasteiger partial charge on any atom is -0.388 e. The number of halogens is 3. The summed E-state index contributed by atoms with van der Waals surface area (Å²) in [6.45, 7) is 0. The average Bonchev–Trinajstić information content (AvgIpc) is 2.85. The Morgan fingerprint density at radius 1 is 1.33 bits per heavy atom. The molecule has 1 aromatic carbocycles. The topological polar surface area (TPSA) is 20.2 Å². The van der Waals surface area contributed by atoms with E-state index < -0.39 is 17.7 Å². The third-order valence-electron chi connectivity index (χ3n) is 2.63. The van der Waals surface area contributed by atoms with Gasteiger partial charge in [0.25, 0.3) is 0 Å². The van der Waals surface area contributed by atoms with Gasteiger partial charge in [-0.1, -0.05) is 28.8 Å². The van der Waals surface area contributed by atoms with E-state index in [-0.39, 0.29) is 5.56 Å². The summed E-state index contributed by atoms with van der Waals surface area (Å²) in [5.41, 5.74) is -0.204. The number of hydrogen-bond acceptors (Lipinski definition) is 1. The SMILES string of the molecule is OC(CC1CC1)c1c(F)cc(Br)cc1F. The van der Waals surface area contributed by atoms with E-state index in [1.54, 1.807) is 0 Å². The Morgan fingerprint density at radius 2 is 1.87 bits per heavy atom. The van der Waals surface area contributed by atoms with Gasteiger partial charge in [-0.3, -0.25) is 0 Å². The van der Waals surface area contributed by atoms with Crippen molar-refractivity contribution < 1.29 is 13.9 Å². The second-order valence-electron chi connectivity index (χ2n) is 3.98. The first kappa shape index (κ1) is 11.0. The van der Waals surface area contributed by atoms with Gasteiger partial charge in [0.1, 0.15) is 11.6 Å². The van der Waals surface area contributed by atoms with Gasteiger partial charge in [0.15, 0.2) is 0 Å². The molecular formula is C11H11BrF2O. The van der Waals surface area contributed by atoms with Crippen molar-refractivity contribution >= 4 is 15.9 Å². The lowest BCUT2D eigenvalue weighted by Gasteiger charge is -2.12. The lowest BCUT2D eigenvalue weighted by Crippen LogP contribution is -2.05. The van der Waals surface area contributed by atoms with Crippen LogP contribution in [0.15, 0.2) is 16.6 Å². The molecule has 1 aromatic rings. The third kappa shape index (κ3) is 2.55. The van der Waals surface area contributed by atoms with Crippen molar-refractivity contribution in [2.45, 2.75) is 25.4 Å². The molecule has 1 atom stereocenters. The predicted molar refractivity (Wildman–Crippen MR) is 56.4 cm³/mol. The van der Waals surface area contributed by atoms with Crippen molar-refractivity contribution in [1.29, 1.82) is 0 Å².